The third-order valence-corrected chi connectivity index (χ3v) is 5.59. The van der Waals surface area contributed by atoms with Crippen molar-refractivity contribution in [3.05, 3.63) is 60.2 Å². The number of carbonyl (C=O) groups is 2. The molecule has 2 aromatic carbocycles. The van der Waals surface area contributed by atoms with Crippen LogP contribution in [0.15, 0.2) is 54.6 Å². The summed E-state index contributed by atoms with van der Waals surface area (Å²) in [5.41, 5.74) is 6.82. The Kier molecular flexibility index (Phi) is 5.82. The Hall–Kier alpha value is -2.64. The van der Waals surface area contributed by atoms with Gasteiger partial charge in [-0.1, -0.05) is 42.5 Å². The predicted molar refractivity (Wildman–Crippen MR) is 113 cm³/mol. The Balaban J connectivity index is 1.74. The van der Waals surface area contributed by atoms with Crippen LogP contribution in [-0.2, 0) is 14.1 Å². The van der Waals surface area contributed by atoms with E-state index in [2.05, 4.69) is 5.32 Å². The summed E-state index contributed by atoms with van der Waals surface area (Å²) < 4.78 is 12.0. The van der Waals surface area contributed by atoms with E-state index in [1.807, 2.05) is 70.2 Å². The van der Waals surface area contributed by atoms with Crippen molar-refractivity contribution in [2.75, 3.05) is 0 Å². The number of nitrogens with two attached hydrogens (primary N) is 1. The minimum atomic E-state index is -0.764. The number of primary amides is 1. The molecule has 1 saturated heterocycles. The second-order valence-corrected chi connectivity index (χ2v) is 8.32. The van der Waals surface area contributed by atoms with Gasteiger partial charge in [0.2, 0.25) is 5.91 Å². The van der Waals surface area contributed by atoms with Crippen LogP contribution in [0.2, 0.25) is 0 Å². The lowest BCUT2D eigenvalue weighted by Crippen LogP contribution is -2.50. The van der Waals surface area contributed by atoms with Gasteiger partial charge in [0.05, 0.1) is 17.1 Å². The fraction of sp³-hybridized carbons (Fsp3) is 0.364. The topological polar surface area (TPSA) is 90.6 Å². The second kappa shape index (κ2) is 8.01. The Morgan fingerprint density at radius 2 is 1.45 bits per heavy atom. The molecule has 1 heterocycles. The van der Waals surface area contributed by atoms with Crippen LogP contribution < -0.4 is 11.1 Å². The number of hydrogen-bond donors (Lipinski definition) is 2. The maximum absolute atomic E-state index is 12.8. The van der Waals surface area contributed by atoms with Gasteiger partial charge in [-0.25, -0.2) is 0 Å². The molecule has 1 aliphatic rings. The number of rotatable bonds is 6. The van der Waals surface area contributed by atoms with E-state index < -0.39 is 30.2 Å². The minimum Gasteiger partial charge on any atom is -0.402 e. The minimum absolute atomic E-state index is 0.0787. The van der Waals surface area contributed by atoms with Gasteiger partial charge in [-0.2, -0.15) is 0 Å². The Bertz CT molecular complexity index is 865. The van der Waals surface area contributed by atoms with Crippen molar-refractivity contribution < 1.29 is 18.9 Å². The molecule has 0 unspecified atom stereocenters. The molecular formula is C22H27BN2O4. The van der Waals surface area contributed by atoms with Gasteiger partial charge in [-0.05, 0) is 51.0 Å². The molecule has 3 rings (SSSR count). The van der Waals surface area contributed by atoms with Crippen molar-refractivity contribution in [3.63, 3.8) is 0 Å². The van der Waals surface area contributed by atoms with Gasteiger partial charge in [0.15, 0.2) is 0 Å². The van der Waals surface area contributed by atoms with E-state index in [1.165, 1.54) is 0 Å². The molecule has 1 aliphatic heterocycles. The summed E-state index contributed by atoms with van der Waals surface area (Å²) in [4.78, 5) is 24.4. The van der Waals surface area contributed by atoms with Crippen molar-refractivity contribution >= 4 is 18.9 Å². The number of carbonyl (C=O) groups excluding carboxylic acids is 2. The zero-order valence-corrected chi connectivity index (χ0v) is 17.3. The monoisotopic (exact) mass is 394 g/mol. The molecule has 1 fully saturated rings. The van der Waals surface area contributed by atoms with Gasteiger partial charge >= 0.3 is 7.12 Å². The molecule has 0 bridgehead atoms. The summed E-state index contributed by atoms with van der Waals surface area (Å²) in [6.45, 7) is 7.66. The summed E-state index contributed by atoms with van der Waals surface area (Å²) in [5, 5.41) is 2.85. The summed E-state index contributed by atoms with van der Waals surface area (Å²) >= 11 is 0. The van der Waals surface area contributed by atoms with E-state index >= 15 is 0 Å². The van der Waals surface area contributed by atoms with Gasteiger partial charge in [0.25, 0.3) is 5.91 Å². The lowest BCUT2D eigenvalue weighted by Gasteiger charge is -2.32. The van der Waals surface area contributed by atoms with Crippen molar-refractivity contribution in [3.8, 4) is 11.1 Å². The van der Waals surface area contributed by atoms with Crippen LogP contribution in [0.1, 0.15) is 44.5 Å². The van der Waals surface area contributed by atoms with E-state index in [0.29, 0.717) is 5.56 Å². The number of amides is 2. The highest BCUT2D eigenvalue weighted by atomic mass is 16.7. The summed E-state index contributed by atoms with van der Waals surface area (Å²) in [5.74, 6) is -1.54. The predicted octanol–water partition coefficient (Wildman–Crippen LogP) is 2.96. The third-order valence-electron chi connectivity index (χ3n) is 5.59. The Morgan fingerprint density at radius 3 is 1.97 bits per heavy atom. The molecule has 0 saturated carbocycles. The zero-order chi connectivity index (χ0) is 21.2. The summed E-state index contributed by atoms with van der Waals surface area (Å²) in [6, 6.07) is 17.2. The summed E-state index contributed by atoms with van der Waals surface area (Å²) in [6.07, 6.45) is -0.0787. The van der Waals surface area contributed by atoms with Crippen LogP contribution in [0.3, 0.4) is 0 Å². The Morgan fingerprint density at radius 1 is 0.931 bits per heavy atom. The van der Waals surface area contributed by atoms with Gasteiger partial charge in [-0.15, -0.1) is 0 Å². The molecule has 7 heteroatoms. The van der Waals surface area contributed by atoms with Crippen LogP contribution in [-0.4, -0.2) is 36.1 Å². The maximum Gasteiger partial charge on any atom is 0.482 e. The van der Waals surface area contributed by atoms with Crippen molar-refractivity contribution in [2.45, 2.75) is 51.3 Å². The molecule has 6 nitrogen and oxygen atoms in total. The van der Waals surface area contributed by atoms with Crippen molar-refractivity contribution in [1.29, 1.82) is 0 Å². The maximum atomic E-state index is 12.8. The molecule has 2 aromatic rings. The van der Waals surface area contributed by atoms with Crippen LogP contribution in [0.25, 0.3) is 11.1 Å². The molecule has 0 aliphatic carbocycles. The normalized spacial score (nSPS) is 18.3. The average molecular weight is 394 g/mol. The van der Waals surface area contributed by atoms with E-state index in [1.54, 1.807) is 12.1 Å². The highest BCUT2D eigenvalue weighted by Gasteiger charge is 2.54. The first kappa shape index (κ1) is 21.1. The molecule has 3 N–H and O–H groups in total. The molecule has 152 valence electrons. The molecular weight excluding hydrogens is 367 g/mol. The molecule has 2 amide bonds. The lowest BCUT2D eigenvalue weighted by atomic mass is 9.76. The average Bonchev–Trinajstić information content (AvgIpc) is 2.89. The third kappa shape index (κ3) is 4.69. The van der Waals surface area contributed by atoms with Gasteiger partial charge < -0.3 is 20.4 Å². The first-order chi connectivity index (χ1) is 13.6. The number of nitrogens with one attached hydrogen (secondary N) is 1. The number of benzene rings is 2. The molecule has 0 aromatic heterocycles. The van der Waals surface area contributed by atoms with E-state index in [4.69, 9.17) is 15.0 Å². The quantitative estimate of drug-likeness (QED) is 0.737. The van der Waals surface area contributed by atoms with Gasteiger partial charge in [0, 0.05) is 12.0 Å². The zero-order valence-electron chi connectivity index (χ0n) is 17.3. The Labute approximate surface area is 171 Å². The van der Waals surface area contributed by atoms with Crippen LogP contribution in [0.4, 0.5) is 0 Å². The standard InChI is InChI=1S/C22H27BN2O4/c1-21(2)22(3,4)29-23(28-21)18(14-19(24)26)25-20(27)17-12-10-16(11-13-17)15-8-6-5-7-9-15/h5-13,18H,14H2,1-4H3,(H2,24,26)(H,25,27)/t18-/m1/s1. The van der Waals surface area contributed by atoms with Crippen LogP contribution in [0.5, 0.6) is 0 Å². The lowest BCUT2D eigenvalue weighted by molar-refractivity contribution is -0.118. The SMILES string of the molecule is CC1(C)OB([C@@H](CC(N)=O)NC(=O)c2ccc(-c3ccccc3)cc2)OC1(C)C. The number of hydrogen-bond acceptors (Lipinski definition) is 4. The first-order valence-corrected chi connectivity index (χ1v) is 9.69. The molecule has 29 heavy (non-hydrogen) atoms. The van der Waals surface area contributed by atoms with Crippen molar-refractivity contribution in [1.82, 2.24) is 5.32 Å². The smallest absolute Gasteiger partial charge is 0.402 e. The van der Waals surface area contributed by atoms with Crippen LogP contribution in [0, 0.1) is 0 Å². The fourth-order valence-electron chi connectivity index (χ4n) is 3.18. The van der Waals surface area contributed by atoms with Gasteiger partial charge in [0.1, 0.15) is 0 Å². The molecule has 0 radical (unpaired) electrons. The van der Waals surface area contributed by atoms with Crippen LogP contribution >= 0.6 is 0 Å². The van der Waals surface area contributed by atoms with Gasteiger partial charge in [-0.3, -0.25) is 9.59 Å². The van der Waals surface area contributed by atoms with Crippen molar-refractivity contribution in [2.24, 2.45) is 5.73 Å². The molecule has 0 spiro atoms. The largest absolute Gasteiger partial charge is 0.482 e. The fourth-order valence-corrected chi connectivity index (χ4v) is 3.18. The highest BCUT2D eigenvalue weighted by molar-refractivity contribution is 6.48. The molecule has 1 atom stereocenters. The highest BCUT2D eigenvalue weighted by Crippen LogP contribution is 2.37. The second-order valence-electron chi connectivity index (χ2n) is 8.32. The van der Waals surface area contributed by atoms with E-state index in [9.17, 15) is 9.59 Å². The van der Waals surface area contributed by atoms with E-state index in [-0.39, 0.29) is 12.3 Å². The summed E-state index contributed by atoms with van der Waals surface area (Å²) in [7, 11) is -0.764. The first-order valence-electron chi connectivity index (χ1n) is 9.69. The van der Waals surface area contributed by atoms with E-state index in [0.717, 1.165) is 11.1 Å².